The van der Waals surface area contributed by atoms with Gasteiger partial charge in [0.25, 0.3) is 5.91 Å². The number of hydrogen-bond acceptors (Lipinski definition) is 3. The maximum absolute atomic E-state index is 13.5. The van der Waals surface area contributed by atoms with E-state index >= 15 is 0 Å². The average Bonchev–Trinajstić information content (AvgIpc) is 3.13. The van der Waals surface area contributed by atoms with Crippen LogP contribution >= 0.6 is 0 Å². The molecule has 0 aliphatic carbocycles. The van der Waals surface area contributed by atoms with E-state index in [1.807, 2.05) is 20.4 Å². The molecule has 1 N–H and O–H groups in total. The predicted octanol–water partition coefficient (Wildman–Crippen LogP) is 4.02. The first-order valence-electron chi connectivity index (χ1n) is 9.42. The van der Waals surface area contributed by atoms with Gasteiger partial charge in [-0.2, -0.15) is 0 Å². The van der Waals surface area contributed by atoms with E-state index in [-0.39, 0.29) is 11.9 Å². The molecule has 1 atom stereocenters. The zero-order valence-electron chi connectivity index (χ0n) is 16.0. The van der Waals surface area contributed by atoms with E-state index in [1.165, 1.54) is 12.1 Å². The highest BCUT2D eigenvalue weighted by Crippen LogP contribution is 2.34. The van der Waals surface area contributed by atoms with Gasteiger partial charge in [-0.3, -0.25) is 4.79 Å². The van der Waals surface area contributed by atoms with Gasteiger partial charge in [0.2, 0.25) is 0 Å². The summed E-state index contributed by atoms with van der Waals surface area (Å²) in [4.78, 5) is 19.3. The van der Waals surface area contributed by atoms with Crippen LogP contribution in [-0.4, -0.2) is 29.6 Å². The van der Waals surface area contributed by atoms with Crippen LogP contribution in [0.5, 0.6) is 0 Å². The molecule has 2 aromatic carbocycles. The quantitative estimate of drug-likeness (QED) is 0.746. The second-order valence-corrected chi connectivity index (χ2v) is 7.29. The maximum atomic E-state index is 13.5. The molecule has 6 heteroatoms. The molecular weight excluding hydrogens is 355 g/mol. The van der Waals surface area contributed by atoms with Gasteiger partial charge in [0, 0.05) is 37.5 Å². The van der Waals surface area contributed by atoms with Crippen LogP contribution in [0.25, 0.3) is 11.3 Å². The molecule has 1 aromatic heterocycles. The largest absolute Gasteiger partial charge is 0.378 e. The normalized spacial score (nSPS) is 15.8. The van der Waals surface area contributed by atoms with Gasteiger partial charge in [-0.05, 0) is 43.2 Å². The molecule has 1 amide bonds. The molecule has 0 saturated carbocycles. The standard InChI is InChI=1S/C22H23FN4O/c1-26(2)18-10-8-15(9-11-18)20-21-19(7-4-12-27(21)14-24-20)25-22(28)16-5-3-6-17(23)13-16/h3,5-6,8-11,13-14,19H,4,7,12H2,1-2H3,(H,25,28). The molecule has 1 aliphatic rings. The van der Waals surface area contributed by atoms with Gasteiger partial charge in [-0.15, -0.1) is 0 Å². The Kier molecular flexibility index (Phi) is 4.86. The van der Waals surface area contributed by atoms with Gasteiger partial charge in [-0.1, -0.05) is 18.2 Å². The Morgan fingerprint density at radius 3 is 2.71 bits per heavy atom. The summed E-state index contributed by atoms with van der Waals surface area (Å²) in [6.45, 7) is 0.879. The fraction of sp³-hybridized carbons (Fsp3) is 0.273. The number of aryl methyl sites for hydroxylation is 1. The van der Waals surface area contributed by atoms with Crippen molar-refractivity contribution >= 4 is 11.6 Å². The van der Waals surface area contributed by atoms with E-state index < -0.39 is 5.82 Å². The molecule has 0 bridgehead atoms. The van der Waals surface area contributed by atoms with Gasteiger partial charge in [-0.25, -0.2) is 9.37 Å². The van der Waals surface area contributed by atoms with Crippen molar-refractivity contribution in [2.45, 2.75) is 25.4 Å². The van der Waals surface area contributed by atoms with E-state index in [2.05, 4.69) is 44.0 Å². The van der Waals surface area contributed by atoms with Gasteiger partial charge >= 0.3 is 0 Å². The predicted molar refractivity (Wildman–Crippen MR) is 108 cm³/mol. The lowest BCUT2D eigenvalue weighted by atomic mass is 9.98. The zero-order chi connectivity index (χ0) is 19.7. The molecule has 5 nitrogen and oxygen atoms in total. The number of amides is 1. The summed E-state index contributed by atoms with van der Waals surface area (Å²) in [6, 6.07) is 13.8. The lowest BCUT2D eigenvalue weighted by Crippen LogP contribution is -2.32. The maximum Gasteiger partial charge on any atom is 0.251 e. The number of rotatable bonds is 4. The molecule has 1 unspecified atom stereocenters. The van der Waals surface area contributed by atoms with Crippen molar-refractivity contribution < 1.29 is 9.18 Å². The van der Waals surface area contributed by atoms with E-state index in [1.54, 1.807) is 12.1 Å². The molecular formula is C22H23FN4O. The van der Waals surface area contributed by atoms with E-state index in [9.17, 15) is 9.18 Å². The van der Waals surface area contributed by atoms with Gasteiger partial charge < -0.3 is 14.8 Å². The van der Waals surface area contributed by atoms with Crippen molar-refractivity contribution in [3.05, 3.63) is 71.9 Å². The van der Waals surface area contributed by atoms with Crippen LogP contribution in [-0.2, 0) is 6.54 Å². The lowest BCUT2D eigenvalue weighted by molar-refractivity contribution is 0.0929. The summed E-state index contributed by atoms with van der Waals surface area (Å²) in [7, 11) is 4.01. The zero-order valence-corrected chi connectivity index (χ0v) is 16.0. The first kappa shape index (κ1) is 18.2. The van der Waals surface area contributed by atoms with Crippen LogP contribution in [0.3, 0.4) is 0 Å². The van der Waals surface area contributed by atoms with Gasteiger partial charge in [0.05, 0.1) is 23.8 Å². The van der Waals surface area contributed by atoms with E-state index in [0.717, 1.165) is 42.0 Å². The number of hydrogen-bond donors (Lipinski definition) is 1. The third-order valence-electron chi connectivity index (χ3n) is 5.15. The van der Waals surface area contributed by atoms with Crippen molar-refractivity contribution in [2.75, 3.05) is 19.0 Å². The van der Waals surface area contributed by atoms with Crippen molar-refractivity contribution in [1.29, 1.82) is 0 Å². The minimum absolute atomic E-state index is 0.157. The van der Waals surface area contributed by atoms with Crippen molar-refractivity contribution in [3.8, 4) is 11.3 Å². The summed E-state index contributed by atoms with van der Waals surface area (Å²) in [5.41, 5.74) is 4.36. The monoisotopic (exact) mass is 378 g/mol. The molecule has 3 aromatic rings. The summed E-state index contributed by atoms with van der Waals surface area (Å²) in [5, 5.41) is 3.07. The van der Waals surface area contributed by atoms with Crippen LogP contribution in [0.15, 0.2) is 54.9 Å². The molecule has 0 fully saturated rings. The summed E-state index contributed by atoms with van der Waals surface area (Å²) in [6.07, 6.45) is 3.62. The Morgan fingerprint density at radius 1 is 1.21 bits per heavy atom. The van der Waals surface area contributed by atoms with Crippen LogP contribution in [0, 0.1) is 5.82 Å². The van der Waals surface area contributed by atoms with Crippen LogP contribution < -0.4 is 10.2 Å². The molecule has 4 rings (SSSR count). The number of anilines is 1. The fourth-order valence-electron chi connectivity index (χ4n) is 3.69. The van der Waals surface area contributed by atoms with Crippen molar-refractivity contribution in [3.63, 3.8) is 0 Å². The Bertz CT molecular complexity index is 994. The number of benzene rings is 2. The Labute approximate surface area is 163 Å². The number of aromatic nitrogens is 2. The Hall–Kier alpha value is -3.15. The fourth-order valence-corrected chi connectivity index (χ4v) is 3.69. The summed E-state index contributed by atoms with van der Waals surface area (Å²) < 4.78 is 15.6. The molecule has 0 saturated heterocycles. The molecule has 0 radical (unpaired) electrons. The number of imidazole rings is 1. The highest BCUT2D eigenvalue weighted by molar-refractivity contribution is 5.94. The topological polar surface area (TPSA) is 50.2 Å². The highest BCUT2D eigenvalue weighted by atomic mass is 19.1. The minimum atomic E-state index is -0.414. The molecule has 0 spiro atoms. The first-order chi connectivity index (χ1) is 13.5. The van der Waals surface area contributed by atoms with E-state index in [0.29, 0.717) is 5.56 Å². The number of carbonyl (C=O) groups excluding carboxylic acids is 1. The second-order valence-electron chi connectivity index (χ2n) is 7.29. The second kappa shape index (κ2) is 7.46. The number of fused-ring (bicyclic) bond motifs is 1. The molecule has 28 heavy (non-hydrogen) atoms. The average molecular weight is 378 g/mol. The summed E-state index contributed by atoms with van der Waals surface area (Å²) in [5.74, 6) is -0.684. The number of halogens is 1. The van der Waals surface area contributed by atoms with Crippen molar-refractivity contribution in [1.82, 2.24) is 14.9 Å². The van der Waals surface area contributed by atoms with Crippen molar-refractivity contribution in [2.24, 2.45) is 0 Å². The van der Waals surface area contributed by atoms with E-state index in [4.69, 9.17) is 0 Å². The smallest absolute Gasteiger partial charge is 0.251 e. The van der Waals surface area contributed by atoms with Crippen LogP contribution in [0.2, 0.25) is 0 Å². The highest BCUT2D eigenvalue weighted by Gasteiger charge is 2.27. The molecule has 1 aliphatic heterocycles. The minimum Gasteiger partial charge on any atom is -0.378 e. The number of nitrogens with one attached hydrogen (secondary N) is 1. The number of nitrogens with zero attached hydrogens (tertiary/aromatic N) is 3. The van der Waals surface area contributed by atoms with Crippen LogP contribution in [0.4, 0.5) is 10.1 Å². The third kappa shape index (κ3) is 3.50. The number of carbonyl (C=O) groups is 1. The molecule has 144 valence electrons. The first-order valence-corrected chi connectivity index (χ1v) is 9.42. The Balaban J connectivity index is 1.63. The third-order valence-corrected chi connectivity index (χ3v) is 5.15. The Morgan fingerprint density at radius 2 is 2.00 bits per heavy atom. The summed E-state index contributed by atoms with van der Waals surface area (Å²) >= 11 is 0. The van der Waals surface area contributed by atoms with Gasteiger partial charge in [0.1, 0.15) is 5.82 Å². The SMILES string of the molecule is CN(C)c1ccc(-c2ncn3c2C(NC(=O)c2cccc(F)c2)CCC3)cc1. The lowest BCUT2D eigenvalue weighted by Gasteiger charge is -2.26. The van der Waals surface area contributed by atoms with Crippen LogP contribution in [0.1, 0.15) is 34.9 Å². The van der Waals surface area contributed by atoms with Gasteiger partial charge in [0.15, 0.2) is 0 Å². The molecule has 2 heterocycles.